The van der Waals surface area contributed by atoms with E-state index in [-0.39, 0.29) is 17.7 Å². The summed E-state index contributed by atoms with van der Waals surface area (Å²) in [6.45, 7) is 2.75. The van der Waals surface area contributed by atoms with Gasteiger partial charge in [-0.25, -0.2) is 0 Å². The predicted molar refractivity (Wildman–Crippen MR) is 124 cm³/mol. The normalized spacial score (nSPS) is 11.2. The van der Waals surface area contributed by atoms with Crippen LogP contribution in [0.4, 0.5) is 11.4 Å². The van der Waals surface area contributed by atoms with Crippen LogP contribution in [-0.4, -0.2) is 24.8 Å². The standard InChI is InChI=1S/C25H25N3O4/c1-16(29)26-21-13-20(14-22(15-21)27-17(2)30)25(31)28-24(18-7-5-4-6-8-18)19-9-11-23(32-3)12-10-19/h4-15,24H,1-3H3,(H,26,29)(H,27,30)(H,28,31)/t24-/m1/s1. The van der Waals surface area contributed by atoms with Gasteiger partial charge in [0.1, 0.15) is 5.75 Å². The van der Waals surface area contributed by atoms with Gasteiger partial charge >= 0.3 is 0 Å². The summed E-state index contributed by atoms with van der Waals surface area (Å²) in [7, 11) is 1.60. The second-order valence-electron chi connectivity index (χ2n) is 7.25. The fourth-order valence-electron chi connectivity index (χ4n) is 3.32. The molecule has 3 rings (SSSR count). The Labute approximate surface area is 186 Å². The number of carbonyl (C=O) groups excluding carboxylic acids is 3. The minimum atomic E-state index is -0.414. The summed E-state index contributed by atoms with van der Waals surface area (Å²) in [5.41, 5.74) is 2.91. The molecule has 0 spiro atoms. The highest BCUT2D eigenvalue weighted by atomic mass is 16.5. The molecule has 3 amide bonds. The number of hydrogen-bond donors (Lipinski definition) is 3. The van der Waals surface area contributed by atoms with Gasteiger partial charge in [-0.3, -0.25) is 14.4 Å². The van der Waals surface area contributed by atoms with Gasteiger partial charge in [-0.15, -0.1) is 0 Å². The molecule has 0 unspecified atom stereocenters. The number of hydrogen-bond acceptors (Lipinski definition) is 4. The highest BCUT2D eigenvalue weighted by molar-refractivity contribution is 6.00. The number of benzene rings is 3. The van der Waals surface area contributed by atoms with E-state index in [1.165, 1.54) is 13.8 Å². The van der Waals surface area contributed by atoms with Crippen LogP contribution in [0.15, 0.2) is 72.8 Å². The van der Waals surface area contributed by atoms with Gasteiger partial charge in [0, 0.05) is 30.8 Å². The molecule has 3 aromatic carbocycles. The van der Waals surface area contributed by atoms with Gasteiger partial charge in [0.15, 0.2) is 0 Å². The zero-order chi connectivity index (χ0) is 23.1. The van der Waals surface area contributed by atoms with E-state index in [9.17, 15) is 14.4 Å². The number of anilines is 2. The van der Waals surface area contributed by atoms with Crippen molar-refractivity contribution in [3.63, 3.8) is 0 Å². The first-order valence-corrected chi connectivity index (χ1v) is 10.1. The van der Waals surface area contributed by atoms with Crippen LogP contribution in [0.3, 0.4) is 0 Å². The SMILES string of the molecule is COc1ccc([C@H](NC(=O)c2cc(NC(C)=O)cc(NC(C)=O)c2)c2ccccc2)cc1. The van der Waals surface area contributed by atoms with E-state index in [0.717, 1.165) is 16.9 Å². The highest BCUT2D eigenvalue weighted by Gasteiger charge is 2.19. The fraction of sp³-hybridized carbons (Fsp3) is 0.160. The molecule has 164 valence electrons. The van der Waals surface area contributed by atoms with Crippen molar-refractivity contribution in [2.24, 2.45) is 0 Å². The van der Waals surface area contributed by atoms with Gasteiger partial charge in [-0.05, 0) is 41.5 Å². The number of rotatable bonds is 7. The minimum Gasteiger partial charge on any atom is -0.497 e. The average molecular weight is 431 g/mol. The van der Waals surface area contributed by atoms with Gasteiger partial charge in [0.2, 0.25) is 11.8 Å². The molecule has 0 aromatic heterocycles. The number of nitrogens with one attached hydrogen (secondary N) is 3. The Kier molecular flexibility index (Phi) is 7.23. The van der Waals surface area contributed by atoms with Crippen molar-refractivity contribution in [3.05, 3.63) is 89.5 Å². The van der Waals surface area contributed by atoms with Crippen LogP contribution in [-0.2, 0) is 9.59 Å². The van der Waals surface area contributed by atoms with Crippen molar-refractivity contribution in [2.75, 3.05) is 17.7 Å². The molecule has 0 aliphatic rings. The molecule has 1 atom stereocenters. The topological polar surface area (TPSA) is 96.5 Å². The summed E-state index contributed by atoms with van der Waals surface area (Å²) in [5.74, 6) is -0.197. The van der Waals surface area contributed by atoms with Crippen LogP contribution in [0.25, 0.3) is 0 Å². The first kappa shape index (κ1) is 22.6. The summed E-state index contributed by atoms with van der Waals surface area (Å²) in [6.07, 6.45) is 0. The minimum absolute atomic E-state index is 0.281. The van der Waals surface area contributed by atoms with Crippen LogP contribution >= 0.6 is 0 Å². The van der Waals surface area contributed by atoms with E-state index < -0.39 is 6.04 Å². The van der Waals surface area contributed by atoms with Crippen molar-refractivity contribution in [1.82, 2.24) is 5.32 Å². The van der Waals surface area contributed by atoms with Crippen LogP contribution in [0, 0.1) is 0 Å². The van der Waals surface area contributed by atoms with Crippen molar-refractivity contribution in [3.8, 4) is 5.75 Å². The number of ether oxygens (including phenoxy) is 1. The zero-order valence-corrected chi connectivity index (χ0v) is 18.1. The monoisotopic (exact) mass is 431 g/mol. The lowest BCUT2D eigenvalue weighted by atomic mass is 9.98. The maximum absolute atomic E-state index is 13.2. The van der Waals surface area contributed by atoms with E-state index in [2.05, 4.69) is 16.0 Å². The van der Waals surface area contributed by atoms with Crippen LogP contribution < -0.4 is 20.7 Å². The largest absolute Gasteiger partial charge is 0.497 e. The maximum Gasteiger partial charge on any atom is 0.252 e. The summed E-state index contributed by atoms with van der Waals surface area (Å²) < 4.78 is 5.24. The molecule has 32 heavy (non-hydrogen) atoms. The van der Waals surface area contributed by atoms with Gasteiger partial charge in [0.25, 0.3) is 5.91 Å². The lowest BCUT2D eigenvalue weighted by Crippen LogP contribution is -2.29. The summed E-state index contributed by atoms with van der Waals surface area (Å²) in [6, 6.07) is 21.4. The first-order chi connectivity index (χ1) is 15.4. The summed E-state index contributed by atoms with van der Waals surface area (Å²) >= 11 is 0. The second kappa shape index (κ2) is 10.3. The van der Waals surface area contributed by atoms with Gasteiger partial charge in [-0.2, -0.15) is 0 Å². The van der Waals surface area contributed by atoms with E-state index in [4.69, 9.17) is 4.74 Å². The Bertz CT molecular complexity index is 1080. The van der Waals surface area contributed by atoms with Crippen LogP contribution in [0.2, 0.25) is 0 Å². The first-order valence-electron chi connectivity index (χ1n) is 10.1. The van der Waals surface area contributed by atoms with E-state index in [1.54, 1.807) is 25.3 Å². The molecular formula is C25H25N3O4. The third-order valence-electron chi connectivity index (χ3n) is 4.69. The van der Waals surface area contributed by atoms with E-state index in [0.29, 0.717) is 16.9 Å². The highest BCUT2D eigenvalue weighted by Crippen LogP contribution is 2.26. The predicted octanol–water partition coefficient (Wildman–Crippen LogP) is 4.13. The molecule has 0 saturated heterocycles. The summed E-state index contributed by atoms with van der Waals surface area (Å²) in [5, 5.41) is 8.38. The third kappa shape index (κ3) is 5.95. The molecule has 3 N–H and O–H groups in total. The smallest absolute Gasteiger partial charge is 0.252 e. The number of carbonyl (C=O) groups is 3. The van der Waals surface area contributed by atoms with E-state index >= 15 is 0 Å². The molecule has 0 aliphatic carbocycles. The maximum atomic E-state index is 13.2. The molecule has 0 bridgehead atoms. The lowest BCUT2D eigenvalue weighted by molar-refractivity contribution is -0.115. The molecule has 0 radical (unpaired) electrons. The number of amides is 3. The zero-order valence-electron chi connectivity index (χ0n) is 18.1. The Hall–Kier alpha value is -4.13. The average Bonchev–Trinajstić information content (AvgIpc) is 2.77. The molecule has 7 nitrogen and oxygen atoms in total. The fourth-order valence-corrected chi connectivity index (χ4v) is 3.32. The molecule has 0 heterocycles. The van der Waals surface area contributed by atoms with Crippen LogP contribution in [0.1, 0.15) is 41.4 Å². The van der Waals surface area contributed by atoms with Gasteiger partial charge < -0.3 is 20.7 Å². The lowest BCUT2D eigenvalue weighted by Gasteiger charge is -2.21. The van der Waals surface area contributed by atoms with Gasteiger partial charge in [0.05, 0.1) is 13.2 Å². The van der Waals surface area contributed by atoms with Crippen LogP contribution in [0.5, 0.6) is 5.75 Å². The quantitative estimate of drug-likeness (QED) is 0.524. The Morgan fingerprint density at radius 3 is 1.78 bits per heavy atom. The third-order valence-corrected chi connectivity index (χ3v) is 4.69. The molecule has 0 aliphatic heterocycles. The van der Waals surface area contributed by atoms with Crippen molar-refractivity contribution in [1.29, 1.82) is 0 Å². The summed E-state index contributed by atoms with van der Waals surface area (Å²) in [4.78, 5) is 36.3. The Morgan fingerprint density at radius 1 is 0.750 bits per heavy atom. The van der Waals surface area contributed by atoms with Crippen molar-refractivity contribution >= 4 is 29.1 Å². The Balaban J connectivity index is 1.96. The molecule has 0 fully saturated rings. The number of methoxy groups -OCH3 is 1. The molecule has 7 heteroatoms. The second-order valence-corrected chi connectivity index (χ2v) is 7.25. The van der Waals surface area contributed by atoms with Crippen molar-refractivity contribution in [2.45, 2.75) is 19.9 Å². The Morgan fingerprint density at radius 2 is 1.28 bits per heavy atom. The molecular weight excluding hydrogens is 406 g/mol. The van der Waals surface area contributed by atoms with Gasteiger partial charge in [-0.1, -0.05) is 42.5 Å². The molecule has 0 saturated carbocycles. The molecule has 3 aromatic rings. The van der Waals surface area contributed by atoms with Crippen molar-refractivity contribution < 1.29 is 19.1 Å². The van der Waals surface area contributed by atoms with E-state index in [1.807, 2.05) is 54.6 Å².